The van der Waals surface area contributed by atoms with Crippen LogP contribution in [0.5, 0.6) is 0 Å². The van der Waals surface area contributed by atoms with Gasteiger partial charge in [0.1, 0.15) is 11.6 Å². The van der Waals surface area contributed by atoms with Gasteiger partial charge < -0.3 is 4.90 Å². The molecular formula is C22H31FN6S. The van der Waals surface area contributed by atoms with Crippen LogP contribution in [0.25, 0.3) is 0 Å². The number of thioether (sulfide) groups is 1. The molecule has 1 aliphatic carbocycles. The van der Waals surface area contributed by atoms with Crippen LogP contribution in [-0.2, 0) is 5.41 Å². The fourth-order valence-electron chi connectivity index (χ4n) is 3.57. The van der Waals surface area contributed by atoms with Gasteiger partial charge in [-0.2, -0.15) is 0 Å². The summed E-state index contributed by atoms with van der Waals surface area (Å²) < 4.78 is 12.9. The highest BCUT2D eigenvalue weighted by Gasteiger charge is 2.29. The summed E-state index contributed by atoms with van der Waals surface area (Å²) in [5.41, 5.74) is 1.19. The van der Waals surface area contributed by atoms with Crippen LogP contribution < -0.4 is 4.90 Å². The van der Waals surface area contributed by atoms with Crippen LogP contribution in [0, 0.1) is 5.82 Å². The van der Waals surface area contributed by atoms with E-state index in [9.17, 15) is 4.39 Å². The average molecular weight is 431 g/mol. The van der Waals surface area contributed by atoms with Crippen molar-refractivity contribution >= 4 is 17.6 Å². The predicted octanol–water partition coefficient (Wildman–Crippen LogP) is 3.89. The largest absolute Gasteiger partial charge is 0.354 e. The Labute approximate surface area is 182 Å². The fraction of sp³-hybridized carbons (Fsp3) is 0.636. The third-order valence-corrected chi connectivity index (χ3v) is 6.50. The summed E-state index contributed by atoms with van der Waals surface area (Å²) in [7, 11) is 0. The number of hydrogen-bond acceptors (Lipinski definition) is 7. The minimum atomic E-state index is -0.389. The van der Waals surface area contributed by atoms with Gasteiger partial charge in [0, 0.05) is 55.0 Å². The number of rotatable bonds is 7. The van der Waals surface area contributed by atoms with Crippen molar-refractivity contribution in [3.8, 4) is 0 Å². The maximum atomic E-state index is 12.9. The molecule has 0 amide bonds. The summed E-state index contributed by atoms with van der Waals surface area (Å²) >= 11 is 1.59. The molecule has 2 aliphatic rings. The molecule has 2 aromatic heterocycles. The Kier molecular flexibility index (Phi) is 6.53. The Bertz CT molecular complexity index is 842. The van der Waals surface area contributed by atoms with Gasteiger partial charge >= 0.3 is 0 Å². The predicted molar refractivity (Wildman–Crippen MR) is 119 cm³/mol. The molecule has 6 nitrogen and oxygen atoms in total. The zero-order valence-electron chi connectivity index (χ0n) is 18.1. The molecule has 2 fully saturated rings. The number of halogens is 1. The quantitative estimate of drug-likeness (QED) is 0.375. The van der Waals surface area contributed by atoms with E-state index in [4.69, 9.17) is 9.97 Å². The molecule has 162 valence electrons. The van der Waals surface area contributed by atoms with Gasteiger partial charge in [0.05, 0.1) is 12.4 Å². The van der Waals surface area contributed by atoms with Crippen molar-refractivity contribution in [2.45, 2.75) is 56.5 Å². The van der Waals surface area contributed by atoms with Gasteiger partial charge in [0.15, 0.2) is 11.0 Å². The molecule has 0 bridgehead atoms. The Balaban J connectivity index is 1.27. The molecule has 30 heavy (non-hydrogen) atoms. The van der Waals surface area contributed by atoms with Crippen molar-refractivity contribution in [2.24, 2.45) is 0 Å². The Morgan fingerprint density at radius 3 is 2.40 bits per heavy atom. The van der Waals surface area contributed by atoms with Crippen LogP contribution in [0.2, 0.25) is 0 Å². The van der Waals surface area contributed by atoms with Crippen LogP contribution in [0.4, 0.5) is 10.2 Å². The summed E-state index contributed by atoms with van der Waals surface area (Å²) in [4.78, 5) is 22.7. The lowest BCUT2D eigenvalue weighted by molar-refractivity contribution is 0.258. The van der Waals surface area contributed by atoms with Crippen molar-refractivity contribution in [2.75, 3.05) is 43.4 Å². The Morgan fingerprint density at radius 1 is 1.07 bits per heavy atom. The molecule has 0 unspecified atom stereocenters. The molecule has 3 heterocycles. The van der Waals surface area contributed by atoms with Gasteiger partial charge in [0.25, 0.3) is 0 Å². The molecule has 0 atom stereocenters. The van der Waals surface area contributed by atoms with Crippen LogP contribution in [-0.4, -0.2) is 63.3 Å². The van der Waals surface area contributed by atoms with E-state index in [0.29, 0.717) is 11.1 Å². The second-order valence-corrected chi connectivity index (χ2v) is 10.3. The van der Waals surface area contributed by atoms with E-state index in [1.54, 1.807) is 11.8 Å². The normalized spacial score (nSPS) is 18.1. The van der Waals surface area contributed by atoms with Crippen molar-refractivity contribution in [1.29, 1.82) is 0 Å². The van der Waals surface area contributed by atoms with E-state index >= 15 is 0 Å². The summed E-state index contributed by atoms with van der Waals surface area (Å²) in [6.07, 6.45) is 6.03. The van der Waals surface area contributed by atoms with Crippen molar-refractivity contribution in [1.82, 2.24) is 24.8 Å². The summed E-state index contributed by atoms with van der Waals surface area (Å²) in [6.45, 7) is 11.7. The molecule has 1 aliphatic heterocycles. The highest BCUT2D eigenvalue weighted by molar-refractivity contribution is 7.99. The van der Waals surface area contributed by atoms with Crippen molar-refractivity contribution in [3.63, 3.8) is 0 Å². The highest BCUT2D eigenvalue weighted by atomic mass is 32.2. The Morgan fingerprint density at radius 2 is 1.77 bits per heavy atom. The van der Waals surface area contributed by atoms with Crippen LogP contribution in [0.1, 0.15) is 57.5 Å². The molecule has 0 aromatic carbocycles. The van der Waals surface area contributed by atoms with Gasteiger partial charge in [-0.05, 0) is 25.8 Å². The first-order chi connectivity index (χ1) is 14.4. The lowest BCUT2D eigenvalue weighted by Crippen LogP contribution is -2.47. The molecular weight excluding hydrogens is 399 g/mol. The van der Waals surface area contributed by atoms with Gasteiger partial charge in [0.2, 0.25) is 0 Å². The molecule has 0 radical (unpaired) electrons. The second-order valence-electron chi connectivity index (χ2n) is 9.21. The number of anilines is 1. The minimum Gasteiger partial charge on any atom is -0.354 e. The van der Waals surface area contributed by atoms with E-state index in [0.717, 1.165) is 56.5 Å². The SMILES string of the molecule is CC(C)(C)c1nc(C2CC2)cc(N2CCN(CCCSc3ncc(F)cn3)CC2)n1. The number of aromatic nitrogens is 4. The van der Waals surface area contributed by atoms with Crippen molar-refractivity contribution < 1.29 is 4.39 Å². The van der Waals surface area contributed by atoms with E-state index in [1.165, 1.54) is 30.9 Å². The third-order valence-electron chi connectivity index (χ3n) is 5.54. The van der Waals surface area contributed by atoms with E-state index in [2.05, 4.69) is 46.6 Å². The monoisotopic (exact) mass is 430 g/mol. The van der Waals surface area contributed by atoms with E-state index in [1.807, 2.05) is 0 Å². The topological polar surface area (TPSA) is 58.0 Å². The first-order valence-corrected chi connectivity index (χ1v) is 11.8. The summed E-state index contributed by atoms with van der Waals surface area (Å²) in [6, 6.07) is 2.22. The maximum absolute atomic E-state index is 12.9. The van der Waals surface area contributed by atoms with Crippen LogP contribution in [0.15, 0.2) is 23.6 Å². The molecule has 0 N–H and O–H groups in total. The number of piperazine rings is 1. The summed E-state index contributed by atoms with van der Waals surface area (Å²) in [5.74, 6) is 3.25. The van der Waals surface area contributed by atoms with Gasteiger partial charge in [-0.3, -0.25) is 4.90 Å². The Hall–Kier alpha value is -1.80. The zero-order valence-corrected chi connectivity index (χ0v) is 19.0. The molecule has 1 saturated carbocycles. The van der Waals surface area contributed by atoms with Gasteiger partial charge in [-0.25, -0.2) is 24.3 Å². The van der Waals surface area contributed by atoms with E-state index in [-0.39, 0.29) is 11.2 Å². The van der Waals surface area contributed by atoms with Crippen LogP contribution in [0.3, 0.4) is 0 Å². The maximum Gasteiger partial charge on any atom is 0.187 e. The first-order valence-electron chi connectivity index (χ1n) is 10.9. The molecule has 4 rings (SSSR count). The zero-order chi connectivity index (χ0) is 21.1. The fourth-order valence-corrected chi connectivity index (χ4v) is 4.28. The van der Waals surface area contributed by atoms with Crippen LogP contribution >= 0.6 is 11.8 Å². The smallest absolute Gasteiger partial charge is 0.187 e. The molecule has 0 spiro atoms. The van der Waals surface area contributed by atoms with Crippen molar-refractivity contribution in [3.05, 3.63) is 35.8 Å². The minimum absolute atomic E-state index is 0.0343. The first kappa shape index (κ1) is 21.4. The summed E-state index contributed by atoms with van der Waals surface area (Å²) in [5, 5.41) is 0.645. The highest BCUT2D eigenvalue weighted by Crippen LogP contribution is 2.40. The number of nitrogens with zero attached hydrogens (tertiary/aromatic N) is 6. The average Bonchev–Trinajstić information content (AvgIpc) is 3.57. The van der Waals surface area contributed by atoms with Gasteiger partial charge in [-0.15, -0.1) is 0 Å². The lowest BCUT2D eigenvalue weighted by atomic mass is 9.95. The number of hydrogen-bond donors (Lipinski definition) is 0. The lowest BCUT2D eigenvalue weighted by Gasteiger charge is -2.36. The standard InChI is InChI=1S/C22H31FN6S/c1-22(2,3)20-26-18(16-5-6-16)13-19(27-20)29-10-8-28(9-11-29)7-4-12-30-21-24-14-17(23)15-25-21/h13-16H,4-12H2,1-3H3. The van der Waals surface area contributed by atoms with Gasteiger partial charge in [-0.1, -0.05) is 32.5 Å². The second kappa shape index (κ2) is 9.14. The third kappa shape index (κ3) is 5.66. The van der Waals surface area contributed by atoms with E-state index < -0.39 is 0 Å². The molecule has 1 saturated heterocycles. The molecule has 8 heteroatoms. The molecule has 2 aromatic rings.